The van der Waals surface area contributed by atoms with Crippen LogP contribution >= 0.6 is 0 Å². The molecule has 2 bridgehead atoms. The second kappa shape index (κ2) is 1.09. The first-order valence-corrected chi connectivity index (χ1v) is 3.12. The van der Waals surface area contributed by atoms with Gasteiger partial charge in [-0.1, -0.05) is 0 Å². The lowest BCUT2D eigenvalue weighted by molar-refractivity contribution is 0.00711. The Morgan fingerprint density at radius 1 is 1.62 bits per heavy atom. The number of likely N-dealkylation sites (N-methyl/N-ethyl adjacent to an activating group) is 1. The third kappa shape index (κ3) is 0.400. The van der Waals surface area contributed by atoms with E-state index in [1.807, 2.05) is 0 Å². The lowest BCUT2D eigenvalue weighted by Gasteiger charge is -2.31. The molecule has 46 valence electrons. The van der Waals surface area contributed by atoms with Gasteiger partial charge in [0.2, 0.25) is 0 Å². The summed E-state index contributed by atoms with van der Waals surface area (Å²) in [6.45, 7) is 0.900. The molecule has 0 aromatic rings. The summed E-state index contributed by atoms with van der Waals surface area (Å²) in [6, 6.07) is 0.708. The van der Waals surface area contributed by atoms with Crippen LogP contribution in [-0.4, -0.2) is 35.2 Å². The van der Waals surface area contributed by atoms with E-state index in [2.05, 4.69) is 11.9 Å². The van der Waals surface area contributed by atoms with Crippen molar-refractivity contribution in [2.24, 2.45) is 0 Å². The minimum absolute atomic E-state index is 0.264. The van der Waals surface area contributed by atoms with E-state index in [0.29, 0.717) is 6.04 Å². The van der Waals surface area contributed by atoms with Crippen LogP contribution in [-0.2, 0) is 0 Å². The fraction of sp³-hybridized carbons (Fsp3) is 1.00. The lowest BCUT2D eigenvalue weighted by atomic mass is 9.82. The van der Waals surface area contributed by atoms with Crippen LogP contribution < -0.4 is 0 Å². The summed E-state index contributed by atoms with van der Waals surface area (Å²) in [5.74, 6) is 0. The van der Waals surface area contributed by atoms with Gasteiger partial charge in [-0.15, -0.1) is 0 Å². The summed E-state index contributed by atoms with van der Waals surface area (Å²) >= 11 is 0. The van der Waals surface area contributed by atoms with Crippen LogP contribution in [0.25, 0.3) is 0 Å². The highest BCUT2D eigenvalue weighted by atomic mass is 16.3. The maximum atomic E-state index is 9.39. The van der Waals surface area contributed by atoms with Crippen molar-refractivity contribution in [1.82, 2.24) is 4.90 Å². The lowest BCUT2D eigenvalue weighted by Crippen LogP contribution is -2.39. The maximum Gasteiger partial charge on any atom is 0.0803 e. The Bertz CT molecular complexity index is 118. The number of nitrogens with zero attached hydrogens (tertiary/aromatic N) is 1. The van der Waals surface area contributed by atoms with Crippen molar-refractivity contribution >= 4 is 0 Å². The Kier molecular flexibility index (Phi) is 0.649. The molecular weight excluding hydrogens is 102 g/mol. The minimum atomic E-state index is -0.264. The molecule has 0 radical (unpaired) electrons. The highest BCUT2D eigenvalue weighted by molar-refractivity contribution is 5.07. The minimum Gasteiger partial charge on any atom is -0.388 e. The second-order valence-corrected chi connectivity index (χ2v) is 3.20. The maximum absolute atomic E-state index is 9.39. The largest absolute Gasteiger partial charge is 0.388 e. The monoisotopic (exact) mass is 113 g/mol. The predicted molar refractivity (Wildman–Crippen MR) is 30.6 cm³/mol. The molecule has 2 nitrogen and oxygen atoms in total. The zero-order valence-electron chi connectivity index (χ0n) is 5.09. The molecule has 2 heterocycles. The summed E-state index contributed by atoms with van der Waals surface area (Å²) in [5.41, 5.74) is -0.264. The standard InChI is InChI=1S/C6H11NO/c1-7-4-6(8)2-5(7)3-6/h5,8H,2-4H2,1H3. The van der Waals surface area contributed by atoms with Crippen molar-refractivity contribution in [1.29, 1.82) is 0 Å². The van der Waals surface area contributed by atoms with Crippen LogP contribution in [0.15, 0.2) is 0 Å². The van der Waals surface area contributed by atoms with Gasteiger partial charge in [0, 0.05) is 12.6 Å². The van der Waals surface area contributed by atoms with Gasteiger partial charge < -0.3 is 10.0 Å². The van der Waals surface area contributed by atoms with Crippen molar-refractivity contribution in [3.63, 3.8) is 0 Å². The molecule has 2 aliphatic heterocycles. The number of hydrogen-bond donors (Lipinski definition) is 1. The average Bonchev–Trinajstić information content (AvgIpc) is 1.88. The third-order valence-electron chi connectivity index (χ3n) is 2.40. The summed E-state index contributed by atoms with van der Waals surface area (Å²) < 4.78 is 0. The number of fused-ring (bicyclic) bond motifs is 1. The first-order chi connectivity index (χ1) is 3.70. The Labute approximate surface area is 49.1 Å². The Morgan fingerprint density at radius 2 is 2.25 bits per heavy atom. The van der Waals surface area contributed by atoms with Crippen LogP contribution in [0.5, 0.6) is 0 Å². The smallest absolute Gasteiger partial charge is 0.0803 e. The topological polar surface area (TPSA) is 23.5 Å². The summed E-state index contributed by atoms with van der Waals surface area (Å²) in [7, 11) is 2.08. The molecule has 2 heteroatoms. The van der Waals surface area contributed by atoms with E-state index in [4.69, 9.17) is 0 Å². The zero-order chi connectivity index (χ0) is 5.78. The van der Waals surface area contributed by atoms with Gasteiger partial charge in [0.05, 0.1) is 5.60 Å². The van der Waals surface area contributed by atoms with Gasteiger partial charge in [-0.25, -0.2) is 0 Å². The molecular formula is C6H11NO. The number of hydrogen-bond acceptors (Lipinski definition) is 2. The Balaban J connectivity index is 2.17. The molecule has 0 unspecified atom stereocenters. The molecule has 1 N–H and O–H groups in total. The zero-order valence-corrected chi connectivity index (χ0v) is 5.09. The van der Waals surface area contributed by atoms with Gasteiger partial charge in [-0.3, -0.25) is 0 Å². The van der Waals surface area contributed by atoms with E-state index in [1.165, 1.54) is 0 Å². The van der Waals surface area contributed by atoms with Gasteiger partial charge in [0.15, 0.2) is 0 Å². The van der Waals surface area contributed by atoms with Crippen LogP contribution in [0.4, 0.5) is 0 Å². The predicted octanol–water partition coefficient (Wildman–Crippen LogP) is -0.175. The van der Waals surface area contributed by atoms with Crippen molar-refractivity contribution in [3.05, 3.63) is 0 Å². The molecule has 0 atom stereocenters. The van der Waals surface area contributed by atoms with E-state index < -0.39 is 0 Å². The molecule has 0 amide bonds. The van der Waals surface area contributed by atoms with Crippen molar-refractivity contribution in [3.8, 4) is 0 Å². The summed E-state index contributed by atoms with van der Waals surface area (Å²) in [5, 5.41) is 9.39. The normalized spacial score (nSPS) is 54.0. The van der Waals surface area contributed by atoms with E-state index in [-0.39, 0.29) is 5.60 Å². The third-order valence-corrected chi connectivity index (χ3v) is 2.40. The number of aliphatic hydroxyl groups is 1. The van der Waals surface area contributed by atoms with E-state index in [9.17, 15) is 5.11 Å². The first-order valence-electron chi connectivity index (χ1n) is 3.12. The quantitative estimate of drug-likeness (QED) is 0.471. The molecule has 0 aromatic heterocycles. The molecule has 1 saturated carbocycles. The number of rotatable bonds is 0. The molecule has 3 rings (SSSR count). The summed E-state index contributed by atoms with van der Waals surface area (Å²) in [6.07, 6.45) is 2.03. The van der Waals surface area contributed by atoms with Gasteiger partial charge in [0.1, 0.15) is 0 Å². The highest BCUT2D eigenvalue weighted by Crippen LogP contribution is 2.42. The molecule has 3 fully saturated rings. The van der Waals surface area contributed by atoms with Crippen molar-refractivity contribution in [2.75, 3.05) is 13.6 Å². The fourth-order valence-corrected chi connectivity index (χ4v) is 1.85. The van der Waals surface area contributed by atoms with Gasteiger partial charge >= 0.3 is 0 Å². The van der Waals surface area contributed by atoms with Crippen LogP contribution in [0.2, 0.25) is 0 Å². The summed E-state index contributed by atoms with van der Waals surface area (Å²) in [4.78, 5) is 2.24. The molecule has 8 heavy (non-hydrogen) atoms. The van der Waals surface area contributed by atoms with Gasteiger partial charge in [0.25, 0.3) is 0 Å². The van der Waals surface area contributed by atoms with Crippen LogP contribution in [0.1, 0.15) is 12.8 Å². The van der Waals surface area contributed by atoms with Crippen molar-refractivity contribution < 1.29 is 5.11 Å². The Hall–Kier alpha value is -0.0800. The first kappa shape index (κ1) is 4.77. The SMILES string of the molecule is CN1CC2(O)CC1C2. The second-order valence-electron chi connectivity index (χ2n) is 3.20. The Morgan fingerprint density at radius 3 is 2.38 bits per heavy atom. The van der Waals surface area contributed by atoms with Gasteiger partial charge in [-0.05, 0) is 19.9 Å². The highest BCUT2D eigenvalue weighted by Gasteiger charge is 2.52. The van der Waals surface area contributed by atoms with Gasteiger partial charge in [-0.2, -0.15) is 0 Å². The van der Waals surface area contributed by atoms with E-state index >= 15 is 0 Å². The molecule has 2 saturated heterocycles. The average molecular weight is 113 g/mol. The molecule has 0 aromatic carbocycles. The van der Waals surface area contributed by atoms with Crippen LogP contribution in [0.3, 0.4) is 0 Å². The van der Waals surface area contributed by atoms with E-state index in [1.54, 1.807) is 0 Å². The van der Waals surface area contributed by atoms with Crippen LogP contribution in [0, 0.1) is 0 Å². The molecule has 3 aliphatic rings. The molecule has 0 spiro atoms. The van der Waals surface area contributed by atoms with Crippen molar-refractivity contribution in [2.45, 2.75) is 24.5 Å². The van der Waals surface area contributed by atoms with E-state index in [0.717, 1.165) is 19.4 Å². The fourth-order valence-electron chi connectivity index (χ4n) is 1.85. The molecule has 1 aliphatic carbocycles.